The number of amides is 3. The van der Waals surface area contributed by atoms with Crippen molar-refractivity contribution in [1.82, 2.24) is 10.2 Å². The second-order valence-corrected chi connectivity index (χ2v) is 9.10. The average molecular weight is 448 g/mol. The number of fused-ring (bicyclic) bond motifs is 1. The molecule has 7 nitrogen and oxygen atoms in total. The van der Waals surface area contributed by atoms with Crippen LogP contribution in [0.2, 0.25) is 5.02 Å². The van der Waals surface area contributed by atoms with E-state index in [4.69, 9.17) is 11.6 Å². The topological polar surface area (TPSA) is 98.7 Å². The summed E-state index contributed by atoms with van der Waals surface area (Å²) in [6, 6.07) is 5.36. The molecule has 1 saturated heterocycles. The predicted octanol–water partition coefficient (Wildman–Crippen LogP) is 2.31. The molecule has 1 aromatic carbocycles. The van der Waals surface area contributed by atoms with Gasteiger partial charge in [0, 0.05) is 23.7 Å². The van der Waals surface area contributed by atoms with Crippen molar-refractivity contribution in [2.75, 3.05) is 19.0 Å². The molecule has 0 saturated carbocycles. The lowest BCUT2D eigenvalue weighted by atomic mass is 9.70. The zero-order valence-electron chi connectivity index (χ0n) is 18.2. The van der Waals surface area contributed by atoms with Crippen LogP contribution in [0.15, 0.2) is 36.4 Å². The first-order valence-corrected chi connectivity index (χ1v) is 11.0. The van der Waals surface area contributed by atoms with Crippen molar-refractivity contribution in [2.45, 2.75) is 32.9 Å². The Balaban J connectivity index is 2.03. The van der Waals surface area contributed by atoms with E-state index < -0.39 is 29.8 Å². The van der Waals surface area contributed by atoms with E-state index >= 15 is 0 Å². The fraction of sp³-hybridized carbons (Fsp3) is 0.522. The number of carbonyl (C=O) groups excluding carboxylic acids is 3. The van der Waals surface area contributed by atoms with Gasteiger partial charge in [0.15, 0.2) is 0 Å². The Morgan fingerprint density at radius 3 is 2.35 bits per heavy atom. The van der Waals surface area contributed by atoms with Crippen LogP contribution < -0.4 is 10.6 Å². The van der Waals surface area contributed by atoms with Gasteiger partial charge in [-0.15, -0.1) is 0 Å². The molecule has 1 aliphatic heterocycles. The lowest BCUT2D eigenvalue weighted by Gasteiger charge is -2.35. The Bertz CT molecular complexity index is 870. The quantitative estimate of drug-likeness (QED) is 0.583. The Morgan fingerprint density at radius 1 is 1.16 bits per heavy atom. The fourth-order valence-electron chi connectivity index (χ4n) is 4.83. The highest BCUT2D eigenvalue weighted by Crippen LogP contribution is 2.45. The van der Waals surface area contributed by atoms with Gasteiger partial charge in [0.25, 0.3) is 0 Å². The number of aliphatic hydroxyl groups excluding tert-OH is 1. The number of anilines is 1. The Labute approximate surface area is 187 Å². The maximum atomic E-state index is 13.6. The van der Waals surface area contributed by atoms with E-state index in [9.17, 15) is 19.5 Å². The zero-order valence-corrected chi connectivity index (χ0v) is 19.0. The van der Waals surface area contributed by atoms with Gasteiger partial charge in [-0.2, -0.15) is 0 Å². The van der Waals surface area contributed by atoms with Gasteiger partial charge in [-0.25, -0.2) is 0 Å². The van der Waals surface area contributed by atoms with Gasteiger partial charge in [0.05, 0.1) is 24.5 Å². The van der Waals surface area contributed by atoms with Crippen molar-refractivity contribution < 1.29 is 19.5 Å². The fourth-order valence-corrected chi connectivity index (χ4v) is 4.96. The molecular weight excluding hydrogens is 418 g/mol. The van der Waals surface area contributed by atoms with E-state index in [2.05, 4.69) is 10.6 Å². The lowest BCUT2D eigenvalue weighted by molar-refractivity contribution is -0.143. The third-order valence-corrected chi connectivity index (χ3v) is 6.70. The average Bonchev–Trinajstić information content (AvgIpc) is 3.02. The number of hydrogen-bond donors (Lipinski definition) is 3. The van der Waals surface area contributed by atoms with E-state index in [-0.39, 0.29) is 36.2 Å². The molecule has 168 valence electrons. The van der Waals surface area contributed by atoms with Crippen LogP contribution in [0.25, 0.3) is 0 Å². The van der Waals surface area contributed by atoms with Crippen molar-refractivity contribution in [3.05, 3.63) is 41.4 Å². The van der Waals surface area contributed by atoms with E-state index in [0.717, 1.165) is 0 Å². The van der Waals surface area contributed by atoms with Crippen molar-refractivity contribution in [1.29, 1.82) is 0 Å². The highest BCUT2D eigenvalue weighted by Gasteiger charge is 2.58. The van der Waals surface area contributed by atoms with Gasteiger partial charge in [-0.05, 0) is 36.1 Å². The monoisotopic (exact) mass is 447 g/mol. The Morgan fingerprint density at radius 2 is 1.81 bits per heavy atom. The van der Waals surface area contributed by atoms with Gasteiger partial charge in [0.2, 0.25) is 17.7 Å². The minimum absolute atomic E-state index is 0.0696. The summed E-state index contributed by atoms with van der Waals surface area (Å²) in [6.07, 6.45) is 3.79. The predicted molar refractivity (Wildman–Crippen MR) is 119 cm³/mol. The minimum Gasteiger partial charge on any atom is -0.394 e. The molecule has 1 aromatic rings. The second kappa shape index (κ2) is 9.40. The largest absolute Gasteiger partial charge is 0.394 e. The molecule has 1 aliphatic carbocycles. The van der Waals surface area contributed by atoms with Crippen molar-refractivity contribution in [2.24, 2.45) is 29.6 Å². The standard InChI is InChI=1S/C23H30ClN3O4/c1-12(2)17(11-28)27-20(22(30)26-15-8-6-14(24)7-9-15)16-10-5-13(3)18(21(29)25-4)19(16)23(27)31/h5-10,12-13,16-20,28H,11H2,1-4H3,(H,25,29)(H,26,30)/t13-,16+,17+,18-,19-,20+/m1/s1. The van der Waals surface area contributed by atoms with Crippen molar-refractivity contribution in [3.63, 3.8) is 0 Å². The minimum atomic E-state index is -0.830. The van der Waals surface area contributed by atoms with Crippen molar-refractivity contribution in [3.8, 4) is 0 Å². The number of rotatable bonds is 6. The molecule has 0 bridgehead atoms. The number of allylic oxidation sites excluding steroid dienone is 1. The third kappa shape index (κ3) is 4.34. The van der Waals surface area contributed by atoms with E-state index in [1.165, 1.54) is 4.90 Å². The van der Waals surface area contributed by atoms with Gasteiger partial charge >= 0.3 is 0 Å². The van der Waals surface area contributed by atoms with Crippen LogP contribution in [-0.4, -0.2) is 53.5 Å². The van der Waals surface area contributed by atoms with Gasteiger partial charge in [-0.3, -0.25) is 14.4 Å². The molecule has 3 rings (SSSR count). The molecule has 0 radical (unpaired) electrons. The maximum absolute atomic E-state index is 13.6. The van der Waals surface area contributed by atoms with E-state index in [1.807, 2.05) is 32.9 Å². The molecule has 0 unspecified atom stereocenters. The summed E-state index contributed by atoms with van der Waals surface area (Å²) < 4.78 is 0. The first-order chi connectivity index (χ1) is 14.7. The van der Waals surface area contributed by atoms with Crippen molar-refractivity contribution >= 4 is 35.0 Å². The van der Waals surface area contributed by atoms with E-state index in [0.29, 0.717) is 10.7 Å². The summed E-state index contributed by atoms with van der Waals surface area (Å²) in [7, 11) is 1.55. The molecule has 1 fully saturated rings. The molecule has 1 heterocycles. The van der Waals surface area contributed by atoms with Crippen LogP contribution in [0.1, 0.15) is 20.8 Å². The smallest absolute Gasteiger partial charge is 0.247 e. The molecule has 6 atom stereocenters. The number of nitrogens with one attached hydrogen (secondary N) is 2. The number of carbonyl (C=O) groups is 3. The normalized spacial score (nSPS) is 28.4. The maximum Gasteiger partial charge on any atom is 0.247 e. The number of aliphatic hydroxyl groups is 1. The molecular formula is C23H30ClN3O4. The first-order valence-electron chi connectivity index (χ1n) is 10.6. The van der Waals surface area contributed by atoms with Gasteiger partial charge < -0.3 is 20.6 Å². The third-order valence-electron chi connectivity index (χ3n) is 6.45. The summed E-state index contributed by atoms with van der Waals surface area (Å²) >= 11 is 5.94. The lowest BCUT2D eigenvalue weighted by Crippen LogP contribution is -2.52. The van der Waals surface area contributed by atoms with Crippen LogP contribution in [0.4, 0.5) is 5.69 Å². The first kappa shape index (κ1) is 23.3. The molecule has 3 N–H and O–H groups in total. The van der Waals surface area contributed by atoms with E-state index in [1.54, 1.807) is 31.3 Å². The summed E-state index contributed by atoms with van der Waals surface area (Å²) in [6.45, 7) is 5.44. The number of benzene rings is 1. The number of hydrogen-bond acceptors (Lipinski definition) is 4. The highest BCUT2D eigenvalue weighted by molar-refractivity contribution is 6.30. The Hall–Kier alpha value is -2.38. The van der Waals surface area contributed by atoms with Crippen LogP contribution in [0.5, 0.6) is 0 Å². The molecule has 31 heavy (non-hydrogen) atoms. The molecule has 2 aliphatic rings. The molecule has 8 heteroatoms. The van der Waals surface area contributed by atoms with Crippen LogP contribution in [0, 0.1) is 29.6 Å². The van der Waals surface area contributed by atoms with Crippen LogP contribution in [-0.2, 0) is 14.4 Å². The summed E-state index contributed by atoms with van der Waals surface area (Å²) in [5, 5.41) is 16.1. The Kier molecular flexibility index (Phi) is 7.06. The molecule has 0 aromatic heterocycles. The summed E-state index contributed by atoms with van der Waals surface area (Å²) in [5.74, 6) is -2.74. The van der Waals surface area contributed by atoms with Gasteiger partial charge in [0.1, 0.15) is 6.04 Å². The highest BCUT2D eigenvalue weighted by atomic mass is 35.5. The van der Waals surface area contributed by atoms with Gasteiger partial charge in [-0.1, -0.05) is 44.5 Å². The summed E-state index contributed by atoms with van der Waals surface area (Å²) in [5.41, 5.74) is 0.561. The SMILES string of the molecule is CNC(=O)[C@H]1[C@@H]2C(=O)N([C@@H](CO)C(C)C)[C@H](C(=O)Nc3ccc(Cl)cc3)[C@H]2C=C[C@H]1C. The zero-order chi connectivity index (χ0) is 22.9. The molecule has 0 spiro atoms. The molecule has 3 amide bonds. The van der Waals surface area contributed by atoms with Crippen LogP contribution in [0.3, 0.4) is 0 Å². The number of nitrogens with zero attached hydrogens (tertiary/aromatic N) is 1. The summed E-state index contributed by atoms with van der Waals surface area (Å²) in [4.78, 5) is 41.2. The number of halogens is 1. The second-order valence-electron chi connectivity index (χ2n) is 8.67. The van der Waals surface area contributed by atoms with Crippen LogP contribution >= 0.6 is 11.6 Å². The number of likely N-dealkylation sites (tertiary alicyclic amines) is 1.